The molecule has 0 aliphatic carbocycles. The molecule has 1 heterocycles. The highest BCUT2D eigenvalue weighted by Gasteiger charge is 2.26. The summed E-state index contributed by atoms with van der Waals surface area (Å²) in [6.45, 7) is 3.44. The molecule has 2 rings (SSSR count). The molecule has 1 fully saturated rings. The lowest BCUT2D eigenvalue weighted by molar-refractivity contribution is -0.00796. The van der Waals surface area contributed by atoms with Crippen LogP contribution in [-0.2, 0) is 4.74 Å². The second-order valence-electron chi connectivity index (χ2n) is 4.64. The fourth-order valence-electron chi connectivity index (χ4n) is 2.47. The molecule has 0 saturated carbocycles. The van der Waals surface area contributed by atoms with Gasteiger partial charge in [0.1, 0.15) is 11.6 Å². The first kappa shape index (κ1) is 13.4. The Morgan fingerprint density at radius 2 is 2.00 bits per heavy atom. The van der Waals surface area contributed by atoms with Gasteiger partial charge in [-0.1, -0.05) is 6.92 Å². The molecule has 2 nitrogen and oxygen atoms in total. The smallest absolute Gasteiger partial charge is 0.126 e. The predicted octanol–water partition coefficient (Wildman–Crippen LogP) is 3.18. The van der Waals surface area contributed by atoms with Crippen molar-refractivity contribution in [3.63, 3.8) is 0 Å². The Bertz CT molecular complexity index is 371. The Labute approximate surface area is 106 Å². The normalized spacial score (nSPS) is 21.8. The second-order valence-corrected chi connectivity index (χ2v) is 4.64. The van der Waals surface area contributed by atoms with Crippen LogP contribution in [0, 0.1) is 11.6 Å². The van der Waals surface area contributed by atoms with Gasteiger partial charge in [-0.05, 0) is 43.5 Å². The van der Waals surface area contributed by atoms with Gasteiger partial charge in [-0.3, -0.25) is 0 Å². The van der Waals surface area contributed by atoms with Crippen LogP contribution in [0.5, 0.6) is 0 Å². The second kappa shape index (κ2) is 6.25. The van der Waals surface area contributed by atoms with Crippen LogP contribution in [0.25, 0.3) is 0 Å². The fourth-order valence-corrected chi connectivity index (χ4v) is 2.47. The molecule has 1 aromatic carbocycles. The Hall–Kier alpha value is -1.00. The van der Waals surface area contributed by atoms with E-state index < -0.39 is 11.6 Å². The lowest BCUT2D eigenvalue weighted by atomic mass is 9.95. The van der Waals surface area contributed by atoms with Gasteiger partial charge in [-0.15, -0.1) is 0 Å². The third kappa shape index (κ3) is 3.27. The van der Waals surface area contributed by atoms with E-state index in [0.29, 0.717) is 5.56 Å². The number of hydrogen-bond donors (Lipinski definition) is 1. The summed E-state index contributed by atoms with van der Waals surface area (Å²) >= 11 is 0. The lowest BCUT2D eigenvalue weighted by Crippen LogP contribution is -2.36. The molecular weight excluding hydrogens is 236 g/mol. The molecule has 0 radical (unpaired) electrons. The van der Waals surface area contributed by atoms with Crippen molar-refractivity contribution < 1.29 is 13.5 Å². The zero-order chi connectivity index (χ0) is 13.0. The minimum Gasteiger partial charge on any atom is -0.376 e. The fraction of sp³-hybridized carbons (Fsp3) is 0.571. The number of rotatable bonds is 4. The molecule has 18 heavy (non-hydrogen) atoms. The first-order chi connectivity index (χ1) is 8.70. The zero-order valence-corrected chi connectivity index (χ0v) is 10.6. The summed E-state index contributed by atoms with van der Waals surface area (Å²) in [5.74, 6) is -1.08. The standard InChI is InChI=1S/C14H19F2NO/c1-2-17-14(13-5-3-4-6-18-13)10-7-11(15)9-12(16)8-10/h7-9,13-14,17H,2-6H2,1H3. The van der Waals surface area contributed by atoms with E-state index >= 15 is 0 Å². The molecule has 1 aromatic rings. The highest BCUT2D eigenvalue weighted by molar-refractivity contribution is 5.22. The van der Waals surface area contributed by atoms with Crippen molar-refractivity contribution >= 4 is 0 Å². The third-order valence-electron chi connectivity index (χ3n) is 3.25. The van der Waals surface area contributed by atoms with E-state index in [1.807, 2.05) is 6.92 Å². The predicted molar refractivity (Wildman–Crippen MR) is 66.4 cm³/mol. The minimum absolute atomic E-state index is 0.0000926. The van der Waals surface area contributed by atoms with Crippen molar-refractivity contribution in [2.45, 2.75) is 38.3 Å². The van der Waals surface area contributed by atoms with Crippen LogP contribution < -0.4 is 5.32 Å². The van der Waals surface area contributed by atoms with Crippen molar-refractivity contribution in [3.05, 3.63) is 35.4 Å². The number of nitrogens with one attached hydrogen (secondary N) is 1. The number of benzene rings is 1. The van der Waals surface area contributed by atoms with Crippen LogP contribution in [-0.4, -0.2) is 19.3 Å². The van der Waals surface area contributed by atoms with E-state index in [9.17, 15) is 8.78 Å². The van der Waals surface area contributed by atoms with Crippen LogP contribution in [0.2, 0.25) is 0 Å². The monoisotopic (exact) mass is 255 g/mol. The van der Waals surface area contributed by atoms with Crippen LogP contribution in [0.4, 0.5) is 8.78 Å². The third-order valence-corrected chi connectivity index (χ3v) is 3.25. The first-order valence-electron chi connectivity index (χ1n) is 6.51. The van der Waals surface area contributed by atoms with E-state index in [-0.39, 0.29) is 12.1 Å². The minimum atomic E-state index is -0.538. The summed E-state index contributed by atoms with van der Waals surface area (Å²) in [6.07, 6.45) is 3.09. The van der Waals surface area contributed by atoms with E-state index in [0.717, 1.165) is 38.5 Å². The lowest BCUT2D eigenvalue weighted by Gasteiger charge is -2.31. The Balaban J connectivity index is 2.22. The average Bonchev–Trinajstić information content (AvgIpc) is 2.36. The van der Waals surface area contributed by atoms with Crippen molar-refractivity contribution in [3.8, 4) is 0 Å². The van der Waals surface area contributed by atoms with Gasteiger partial charge in [0.2, 0.25) is 0 Å². The van der Waals surface area contributed by atoms with E-state index in [2.05, 4.69) is 5.32 Å². The zero-order valence-electron chi connectivity index (χ0n) is 10.6. The summed E-state index contributed by atoms with van der Waals surface area (Å²) < 4.78 is 32.3. The van der Waals surface area contributed by atoms with E-state index in [4.69, 9.17) is 4.74 Å². The van der Waals surface area contributed by atoms with Gasteiger partial charge in [0.05, 0.1) is 12.1 Å². The molecule has 100 valence electrons. The molecule has 0 aromatic heterocycles. The van der Waals surface area contributed by atoms with Gasteiger partial charge in [-0.25, -0.2) is 8.78 Å². The molecule has 1 saturated heterocycles. The molecule has 0 spiro atoms. The number of hydrogen-bond acceptors (Lipinski definition) is 2. The molecule has 1 N–H and O–H groups in total. The molecule has 1 aliphatic rings. The SMILES string of the molecule is CCNC(c1cc(F)cc(F)c1)C1CCCCO1. The van der Waals surface area contributed by atoms with Crippen molar-refractivity contribution in [1.29, 1.82) is 0 Å². The van der Waals surface area contributed by atoms with Crippen LogP contribution in [0.15, 0.2) is 18.2 Å². The van der Waals surface area contributed by atoms with Gasteiger partial charge in [-0.2, -0.15) is 0 Å². The maximum Gasteiger partial charge on any atom is 0.126 e. The van der Waals surface area contributed by atoms with Gasteiger partial charge in [0.15, 0.2) is 0 Å². The first-order valence-corrected chi connectivity index (χ1v) is 6.51. The maximum atomic E-state index is 13.3. The van der Waals surface area contributed by atoms with Crippen molar-refractivity contribution in [2.75, 3.05) is 13.2 Å². The van der Waals surface area contributed by atoms with Crippen molar-refractivity contribution in [2.24, 2.45) is 0 Å². The van der Waals surface area contributed by atoms with Crippen molar-refractivity contribution in [1.82, 2.24) is 5.32 Å². The number of ether oxygens (including phenoxy) is 1. The van der Waals surface area contributed by atoms with Gasteiger partial charge in [0, 0.05) is 12.7 Å². The Kier molecular flexibility index (Phi) is 4.66. The number of likely N-dealkylation sites (N-methyl/N-ethyl adjacent to an activating group) is 1. The van der Waals surface area contributed by atoms with Gasteiger partial charge < -0.3 is 10.1 Å². The summed E-state index contributed by atoms with van der Waals surface area (Å²) in [5.41, 5.74) is 0.626. The van der Waals surface area contributed by atoms with Crippen LogP contribution in [0.1, 0.15) is 37.8 Å². The summed E-state index contributed by atoms with van der Waals surface area (Å²) in [6, 6.07) is 3.53. The topological polar surface area (TPSA) is 21.3 Å². The molecule has 2 unspecified atom stereocenters. The maximum absolute atomic E-state index is 13.3. The van der Waals surface area contributed by atoms with Gasteiger partial charge in [0.25, 0.3) is 0 Å². The molecule has 4 heteroatoms. The Morgan fingerprint density at radius 1 is 1.28 bits per heavy atom. The Morgan fingerprint density at radius 3 is 2.56 bits per heavy atom. The quantitative estimate of drug-likeness (QED) is 0.892. The van der Waals surface area contributed by atoms with Gasteiger partial charge >= 0.3 is 0 Å². The highest BCUT2D eigenvalue weighted by atomic mass is 19.1. The number of halogens is 2. The van der Waals surface area contributed by atoms with E-state index in [1.54, 1.807) is 0 Å². The average molecular weight is 255 g/mol. The summed E-state index contributed by atoms with van der Waals surface area (Å²) in [5, 5.41) is 3.26. The molecular formula is C14H19F2NO. The van der Waals surface area contributed by atoms with Crippen LogP contribution >= 0.6 is 0 Å². The molecule has 2 atom stereocenters. The highest BCUT2D eigenvalue weighted by Crippen LogP contribution is 2.27. The summed E-state index contributed by atoms with van der Waals surface area (Å²) in [4.78, 5) is 0. The van der Waals surface area contributed by atoms with Crippen LogP contribution in [0.3, 0.4) is 0 Å². The summed E-state index contributed by atoms with van der Waals surface area (Å²) in [7, 11) is 0. The van der Waals surface area contributed by atoms with E-state index in [1.165, 1.54) is 12.1 Å². The molecule has 1 aliphatic heterocycles. The largest absolute Gasteiger partial charge is 0.376 e. The molecule has 0 amide bonds. The molecule has 0 bridgehead atoms.